The largest absolute Gasteiger partial charge is 0.469 e. The molecule has 0 aliphatic carbocycles. The van der Waals surface area contributed by atoms with Gasteiger partial charge in [0.15, 0.2) is 0 Å². The van der Waals surface area contributed by atoms with Crippen LogP contribution in [0.25, 0.3) is 11.0 Å². The molecule has 2 heterocycles. The number of methoxy groups -OCH3 is 2. The van der Waals surface area contributed by atoms with Crippen molar-refractivity contribution in [2.24, 2.45) is 5.41 Å². The Bertz CT molecular complexity index is 1490. The quantitative estimate of drug-likeness (QED) is 0.320. The van der Waals surface area contributed by atoms with E-state index in [-0.39, 0.29) is 48.2 Å². The van der Waals surface area contributed by atoms with Gasteiger partial charge in [-0.2, -0.15) is 0 Å². The number of nitrogens with zero attached hydrogens (tertiary/aromatic N) is 2. The first-order valence-electron chi connectivity index (χ1n) is 12.5. The van der Waals surface area contributed by atoms with E-state index in [1.54, 1.807) is 20.8 Å². The molecule has 12 nitrogen and oxygen atoms in total. The highest BCUT2D eigenvalue weighted by Gasteiger charge is 2.25. The van der Waals surface area contributed by atoms with E-state index >= 15 is 0 Å². The van der Waals surface area contributed by atoms with Crippen LogP contribution >= 0.6 is 0 Å². The molecule has 3 aromatic rings. The van der Waals surface area contributed by atoms with Crippen LogP contribution < -0.4 is 16.2 Å². The summed E-state index contributed by atoms with van der Waals surface area (Å²) in [5, 5.41) is 5.40. The van der Waals surface area contributed by atoms with Crippen LogP contribution in [0.5, 0.6) is 0 Å². The molecule has 0 aliphatic rings. The third kappa shape index (κ3) is 7.30. The topological polar surface area (TPSA) is 161 Å². The smallest absolute Gasteiger partial charge is 0.328 e. The van der Waals surface area contributed by atoms with Crippen LogP contribution in [0.15, 0.2) is 35.4 Å². The third-order valence-electron chi connectivity index (χ3n) is 6.12. The minimum atomic E-state index is -1.17. The van der Waals surface area contributed by atoms with E-state index in [1.165, 1.54) is 42.3 Å². The molecule has 2 aromatic heterocycles. The molecule has 0 saturated carbocycles. The number of benzene rings is 1. The van der Waals surface area contributed by atoms with Crippen LogP contribution in [0, 0.1) is 11.2 Å². The van der Waals surface area contributed by atoms with Crippen LogP contribution in [0.3, 0.4) is 0 Å². The fourth-order valence-corrected chi connectivity index (χ4v) is 3.72. The first kappa shape index (κ1) is 30.0. The maximum absolute atomic E-state index is 14.8. The molecule has 1 atom stereocenters. The number of aromatic amines is 1. The average molecular weight is 558 g/mol. The standard InChI is InChI=1S/C27H32FN5O7/c1-27(2,3)26(38)32-20-13-17-22(31-20)29-14-33(24(17)36)11-10-15-6-7-16(18(28)12-15)23(35)30-19(25(37)40-5)8-9-21(34)39-4/h6-7,12-14,19,31H,8-11H2,1-5H3,(H,30,35)(H,32,38)/t19-/m0/s1. The first-order chi connectivity index (χ1) is 18.8. The SMILES string of the molecule is COC(=O)CC[C@H](NC(=O)c1ccc(CCn2cnc3[nH]c(NC(=O)C(C)(C)C)cc3c2=O)cc1F)C(=O)OC. The molecule has 3 N–H and O–H groups in total. The Morgan fingerprint density at radius 3 is 2.48 bits per heavy atom. The monoisotopic (exact) mass is 557 g/mol. The van der Waals surface area contributed by atoms with Crippen molar-refractivity contribution >= 4 is 40.6 Å². The molecule has 0 unspecified atom stereocenters. The van der Waals surface area contributed by atoms with Crippen molar-refractivity contribution in [2.75, 3.05) is 19.5 Å². The molecule has 0 saturated heterocycles. The molecule has 0 fully saturated rings. The maximum Gasteiger partial charge on any atom is 0.328 e. The van der Waals surface area contributed by atoms with Gasteiger partial charge in [-0.05, 0) is 36.6 Å². The normalized spacial score (nSPS) is 12.1. The minimum Gasteiger partial charge on any atom is -0.469 e. The van der Waals surface area contributed by atoms with Gasteiger partial charge in [0.25, 0.3) is 11.5 Å². The molecule has 40 heavy (non-hydrogen) atoms. The number of hydrogen-bond acceptors (Lipinski definition) is 8. The lowest BCUT2D eigenvalue weighted by molar-refractivity contribution is -0.144. The lowest BCUT2D eigenvalue weighted by Crippen LogP contribution is -2.42. The number of ether oxygens (including phenoxy) is 2. The summed E-state index contributed by atoms with van der Waals surface area (Å²) in [6, 6.07) is 4.33. The summed E-state index contributed by atoms with van der Waals surface area (Å²) in [5.74, 6) is -2.89. The van der Waals surface area contributed by atoms with Gasteiger partial charge in [0.2, 0.25) is 5.91 Å². The van der Waals surface area contributed by atoms with Crippen LogP contribution in [0.2, 0.25) is 0 Å². The summed E-state index contributed by atoms with van der Waals surface area (Å²) in [7, 11) is 2.33. The zero-order valence-electron chi connectivity index (χ0n) is 22.9. The second-order valence-corrected chi connectivity index (χ2v) is 10.1. The van der Waals surface area contributed by atoms with Crippen molar-refractivity contribution in [1.82, 2.24) is 19.9 Å². The Morgan fingerprint density at radius 1 is 1.12 bits per heavy atom. The van der Waals surface area contributed by atoms with Gasteiger partial charge in [0.1, 0.15) is 23.3 Å². The van der Waals surface area contributed by atoms with Gasteiger partial charge in [-0.25, -0.2) is 14.2 Å². The van der Waals surface area contributed by atoms with E-state index < -0.39 is 35.1 Å². The number of hydrogen-bond donors (Lipinski definition) is 3. The maximum atomic E-state index is 14.8. The molecule has 0 spiro atoms. The summed E-state index contributed by atoms with van der Waals surface area (Å²) in [6.45, 7) is 5.49. The van der Waals surface area contributed by atoms with E-state index in [0.29, 0.717) is 17.0 Å². The summed E-state index contributed by atoms with van der Waals surface area (Å²) in [5.41, 5.74) is -0.417. The van der Waals surface area contributed by atoms with E-state index in [2.05, 4.69) is 30.1 Å². The van der Waals surface area contributed by atoms with Crippen LogP contribution in [-0.4, -0.2) is 58.5 Å². The summed E-state index contributed by atoms with van der Waals surface area (Å²) >= 11 is 0. The van der Waals surface area contributed by atoms with Gasteiger partial charge in [-0.3, -0.25) is 23.7 Å². The Labute approximate surface area is 229 Å². The number of nitrogens with one attached hydrogen (secondary N) is 3. The number of carbonyl (C=O) groups excluding carboxylic acids is 4. The highest BCUT2D eigenvalue weighted by Crippen LogP contribution is 2.19. The second-order valence-electron chi connectivity index (χ2n) is 10.1. The number of esters is 2. The number of amides is 2. The molecule has 0 aliphatic heterocycles. The van der Waals surface area contributed by atoms with Crippen LogP contribution in [0.1, 0.15) is 49.5 Å². The Kier molecular flexibility index (Phi) is 9.40. The minimum absolute atomic E-state index is 0.0798. The number of fused-ring (bicyclic) bond motifs is 1. The van der Waals surface area contributed by atoms with Crippen LogP contribution in [-0.2, 0) is 36.8 Å². The molecule has 0 radical (unpaired) electrons. The van der Waals surface area contributed by atoms with E-state index in [4.69, 9.17) is 0 Å². The van der Waals surface area contributed by atoms with Gasteiger partial charge in [0.05, 0.1) is 31.5 Å². The molecule has 1 aromatic carbocycles. The zero-order valence-corrected chi connectivity index (χ0v) is 22.9. The van der Waals surface area contributed by atoms with Crippen molar-refractivity contribution in [3.8, 4) is 0 Å². The number of halogens is 1. The van der Waals surface area contributed by atoms with Crippen molar-refractivity contribution in [3.05, 3.63) is 57.9 Å². The van der Waals surface area contributed by atoms with Crippen molar-refractivity contribution < 1.29 is 33.0 Å². The average Bonchev–Trinajstić information content (AvgIpc) is 3.32. The molecule has 214 valence electrons. The predicted molar refractivity (Wildman–Crippen MR) is 143 cm³/mol. The Hall–Kier alpha value is -4.55. The predicted octanol–water partition coefficient (Wildman–Crippen LogP) is 2.32. The number of anilines is 1. The third-order valence-corrected chi connectivity index (χ3v) is 6.12. The number of rotatable bonds is 10. The highest BCUT2D eigenvalue weighted by molar-refractivity contribution is 5.97. The number of aryl methyl sites for hydroxylation is 2. The van der Waals surface area contributed by atoms with Crippen LogP contribution in [0.4, 0.5) is 10.2 Å². The van der Waals surface area contributed by atoms with Gasteiger partial charge < -0.3 is 25.1 Å². The number of aromatic nitrogens is 3. The Balaban J connectivity index is 1.69. The lowest BCUT2D eigenvalue weighted by Gasteiger charge is -2.16. The van der Waals surface area contributed by atoms with Gasteiger partial charge in [-0.1, -0.05) is 26.8 Å². The van der Waals surface area contributed by atoms with Crippen molar-refractivity contribution in [1.29, 1.82) is 0 Å². The fourth-order valence-electron chi connectivity index (χ4n) is 3.72. The van der Waals surface area contributed by atoms with Crippen molar-refractivity contribution in [2.45, 2.75) is 52.6 Å². The van der Waals surface area contributed by atoms with E-state index in [9.17, 15) is 28.4 Å². The summed E-state index contributed by atoms with van der Waals surface area (Å²) in [4.78, 5) is 68.4. The highest BCUT2D eigenvalue weighted by atomic mass is 19.1. The van der Waals surface area contributed by atoms with Gasteiger partial charge >= 0.3 is 11.9 Å². The summed E-state index contributed by atoms with van der Waals surface area (Å²) in [6.07, 6.45) is 1.39. The fraction of sp³-hybridized carbons (Fsp3) is 0.407. The van der Waals surface area contributed by atoms with Crippen molar-refractivity contribution in [3.63, 3.8) is 0 Å². The number of carbonyl (C=O) groups is 4. The van der Waals surface area contributed by atoms with E-state index in [0.717, 1.165) is 7.11 Å². The molecule has 13 heteroatoms. The van der Waals surface area contributed by atoms with Gasteiger partial charge in [-0.15, -0.1) is 0 Å². The first-order valence-corrected chi connectivity index (χ1v) is 12.5. The molecule has 0 bridgehead atoms. The van der Waals surface area contributed by atoms with E-state index in [1.807, 2.05) is 0 Å². The lowest BCUT2D eigenvalue weighted by atomic mass is 9.96. The summed E-state index contributed by atoms with van der Waals surface area (Å²) < 4.78 is 25.4. The zero-order chi connectivity index (χ0) is 29.6. The van der Waals surface area contributed by atoms with Gasteiger partial charge in [0, 0.05) is 18.4 Å². The second kappa shape index (κ2) is 12.5. The Morgan fingerprint density at radius 2 is 1.85 bits per heavy atom. The molecular weight excluding hydrogens is 525 g/mol. The number of H-pyrrole nitrogens is 1. The molecule has 3 rings (SSSR count). The molecular formula is C27H32FN5O7. The molecule has 2 amide bonds.